The number of carboxylic acid groups (broad SMARTS) is 1. The van der Waals surface area contributed by atoms with Crippen LogP contribution in [0.3, 0.4) is 0 Å². The summed E-state index contributed by atoms with van der Waals surface area (Å²) in [6.45, 7) is 0. The van der Waals surface area contributed by atoms with Crippen molar-refractivity contribution >= 4 is 46.5 Å². The van der Waals surface area contributed by atoms with Gasteiger partial charge in [0.05, 0.1) is 4.92 Å². The van der Waals surface area contributed by atoms with Crippen LogP contribution in [0.15, 0.2) is 34.3 Å². The van der Waals surface area contributed by atoms with Crippen LogP contribution in [0.2, 0.25) is 0 Å². The van der Waals surface area contributed by atoms with E-state index < -0.39 is 26.9 Å². The molecule has 0 unspecified atom stereocenters. The summed E-state index contributed by atoms with van der Waals surface area (Å²) in [6.07, 6.45) is 0. The minimum absolute atomic E-state index is 0.120. The fraction of sp³-hybridized carbons (Fsp3) is 0. The Morgan fingerprint density at radius 3 is 2.32 bits per heavy atom. The molecular weight excluding hydrogens is 299 g/mol. The number of carbonyl (C=O) groups excluding carboxylic acids is 1. The van der Waals surface area contributed by atoms with Crippen molar-refractivity contribution in [1.29, 1.82) is 0 Å². The number of hydrogen-bond acceptors (Lipinski definition) is 4. The van der Waals surface area contributed by atoms with E-state index in [0.717, 1.165) is 0 Å². The van der Waals surface area contributed by atoms with Crippen LogP contribution in [-0.2, 0) is 9.59 Å². The molecule has 0 bridgehead atoms. The van der Waals surface area contributed by atoms with Gasteiger partial charge in [0.2, 0.25) is 0 Å². The van der Waals surface area contributed by atoms with Gasteiger partial charge in [0.15, 0.2) is 0 Å². The summed E-state index contributed by atoms with van der Waals surface area (Å²) in [5.41, 5.74) is -0.475. The number of nitro benzene ring substituents is 1. The standard InChI is InChI=1S/C10H6Cl2N2O5/c11-7(8(12)10(16)17)9(15)13-5-3-1-2-4-6(5)14(18)19/h1-4H,(H,13,15)(H,16,17)/b8-7-. The summed E-state index contributed by atoms with van der Waals surface area (Å²) in [6, 6.07) is 5.31. The Morgan fingerprint density at radius 2 is 1.79 bits per heavy atom. The summed E-state index contributed by atoms with van der Waals surface area (Å²) >= 11 is 10.7. The van der Waals surface area contributed by atoms with Crippen molar-refractivity contribution in [3.05, 3.63) is 44.4 Å². The highest BCUT2D eigenvalue weighted by Crippen LogP contribution is 2.25. The largest absolute Gasteiger partial charge is 0.477 e. The van der Waals surface area contributed by atoms with E-state index in [1.54, 1.807) is 0 Å². The molecule has 0 atom stereocenters. The van der Waals surface area contributed by atoms with Gasteiger partial charge < -0.3 is 10.4 Å². The maximum absolute atomic E-state index is 11.6. The van der Waals surface area contributed by atoms with Crippen LogP contribution in [0.1, 0.15) is 0 Å². The molecule has 0 radical (unpaired) electrons. The van der Waals surface area contributed by atoms with Crippen LogP contribution >= 0.6 is 23.2 Å². The van der Waals surface area contributed by atoms with Crippen LogP contribution in [0.25, 0.3) is 0 Å². The van der Waals surface area contributed by atoms with Crippen LogP contribution in [0.5, 0.6) is 0 Å². The molecule has 1 aromatic carbocycles. The Morgan fingerprint density at radius 1 is 1.21 bits per heavy atom. The second-order valence-corrected chi connectivity index (χ2v) is 3.92. The Balaban J connectivity index is 3.05. The zero-order valence-corrected chi connectivity index (χ0v) is 10.6. The van der Waals surface area contributed by atoms with Gasteiger partial charge in [-0.05, 0) is 6.07 Å². The maximum Gasteiger partial charge on any atom is 0.349 e. The van der Waals surface area contributed by atoms with Crippen molar-refractivity contribution in [3.8, 4) is 0 Å². The number of benzene rings is 1. The van der Waals surface area contributed by atoms with E-state index in [2.05, 4.69) is 5.32 Å². The number of nitrogens with one attached hydrogen (secondary N) is 1. The molecular formula is C10H6Cl2N2O5. The molecule has 0 saturated carbocycles. The number of nitrogens with zero attached hydrogens (tertiary/aromatic N) is 1. The molecule has 0 aromatic heterocycles. The van der Waals surface area contributed by atoms with Crippen LogP contribution in [0, 0.1) is 10.1 Å². The Hall–Kier alpha value is -2.12. The van der Waals surface area contributed by atoms with Crippen molar-refractivity contribution in [1.82, 2.24) is 0 Å². The van der Waals surface area contributed by atoms with Crippen molar-refractivity contribution in [2.75, 3.05) is 5.32 Å². The lowest BCUT2D eigenvalue weighted by Crippen LogP contribution is -2.15. The number of amides is 1. The third-order valence-corrected chi connectivity index (χ3v) is 2.74. The first kappa shape index (κ1) is 14.9. The molecule has 0 saturated heterocycles. The first-order valence-electron chi connectivity index (χ1n) is 4.68. The molecule has 0 fully saturated rings. The van der Waals surface area contributed by atoms with Gasteiger partial charge in [0.1, 0.15) is 15.8 Å². The van der Waals surface area contributed by atoms with Crippen LogP contribution in [-0.4, -0.2) is 21.9 Å². The molecule has 7 nitrogen and oxygen atoms in total. The molecule has 0 aliphatic carbocycles. The average Bonchev–Trinajstić information content (AvgIpc) is 2.37. The number of anilines is 1. The minimum Gasteiger partial charge on any atom is -0.477 e. The number of nitro groups is 1. The van der Waals surface area contributed by atoms with Gasteiger partial charge in [0, 0.05) is 6.07 Å². The highest BCUT2D eigenvalue weighted by molar-refractivity contribution is 6.54. The van der Waals surface area contributed by atoms with Crippen molar-refractivity contribution in [2.45, 2.75) is 0 Å². The Labute approximate surface area is 116 Å². The fourth-order valence-electron chi connectivity index (χ4n) is 1.11. The quantitative estimate of drug-likeness (QED) is 0.504. The first-order valence-corrected chi connectivity index (χ1v) is 5.43. The lowest BCUT2D eigenvalue weighted by atomic mass is 10.2. The number of halogens is 2. The SMILES string of the molecule is O=C(O)/C(Cl)=C(/Cl)C(=O)Nc1ccccc1[N+](=O)[O-]. The van der Waals surface area contributed by atoms with Gasteiger partial charge in [0.25, 0.3) is 11.6 Å². The summed E-state index contributed by atoms with van der Waals surface area (Å²) in [4.78, 5) is 32.1. The molecule has 9 heteroatoms. The van der Waals surface area contributed by atoms with Gasteiger partial charge in [-0.3, -0.25) is 14.9 Å². The molecule has 1 amide bonds. The van der Waals surface area contributed by atoms with E-state index in [9.17, 15) is 19.7 Å². The smallest absolute Gasteiger partial charge is 0.349 e. The number of carbonyl (C=O) groups is 2. The van der Waals surface area contributed by atoms with E-state index in [4.69, 9.17) is 28.3 Å². The molecule has 1 aromatic rings. The molecule has 0 aliphatic rings. The third kappa shape index (κ3) is 3.67. The van der Waals surface area contributed by atoms with Gasteiger partial charge in [-0.15, -0.1) is 0 Å². The molecule has 0 aliphatic heterocycles. The zero-order chi connectivity index (χ0) is 14.6. The second kappa shape index (κ2) is 6.17. The summed E-state index contributed by atoms with van der Waals surface area (Å²) < 4.78 is 0. The van der Waals surface area contributed by atoms with E-state index >= 15 is 0 Å². The number of rotatable bonds is 4. The highest BCUT2D eigenvalue weighted by Gasteiger charge is 2.20. The average molecular weight is 305 g/mol. The van der Waals surface area contributed by atoms with Gasteiger partial charge >= 0.3 is 5.97 Å². The van der Waals surface area contributed by atoms with Crippen LogP contribution in [0.4, 0.5) is 11.4 Å². The topological polar surface area (TPSA) is 110 Å². The highest BCUT2D eigenvalue weighted by atomic mass is 35.5. The van der Waals surface area contributed by atoms with Gasteiger partial charge in [-0.1, -0.05) is 35.3 Å². The number of aliphatic carboxylic acids is 1. The summed E-state index contributed by atoms with van der Waals surface area (Å²) in [7, 11) is 0. The lowest BCUT2D eigenvalue weighted by Gasteiger charge is -2.05. The van der Waals surface area contributed by atoms with Gasteiger partial charge in [-0.25, -0.2) is 4.79 Å². The van der Waals surface area contributed by atoms with Crippen LogP contribution < -0.4 is 5.32 Å². The maximum atomic E-state index is 11.6. The predicted molar refractivity (Wildman–Crippen MR) is 68.1 cm³/mol. The van der Waals surface area contributed by atoms with E-state index in [0.29, 0.717) is 0 Å². The monoisotopic (exact) mass is 304 g/mol. The first-order chi connectivity index (χ1) is 8.84. The lowest BCUT2D eigenvalue weighted by molar-refractivity contribution is -0.383. The summed E-state index contributed by atoms with van der Waals surface area (Å²) in [5, 5.41) is 19.7. The van der Waals surface area contributed by atoms with E-state index in [-0.39, 0.29) is 11.4 Å². The molecule has 1 rings (SSSR count). The third-order valence-electron chi connectivity index (χ3n) is 1.93. The van der Waals surface area contributed by atoms with E-state index in [1.807, 2.05) is 0 Å². The van der Waals surface area contributed by atoms with Crippen molar-refractivity contribution < 1.29 is 19.6 Å². The second-order valence-electron chi connectivity index (χ2n) is 3.16. The number of hydrogen-bond donors (Lipinski definition) is 2. The predicted octanol–water partition coefficient (Wildman–Crippen LogP) is 2.31. The van der Waals surface area contributed by atoms with E-state index in [1.165, 1.54) is 24.3 Å². The fourth-order valence-corrected chi connectivity index (χ4v) is 1.32. The molecule has 19 heavy (non-hydrogen) atoms. The van der Waals surface area contributed by atoms with Crippen molar-refractivity contribution in [3.63, 3.8) is 0 Å². The summed E-state index contributed by atoms with van der Waals surface area (Å²) in [5.74, 6) is -2.63. The van der Waals surface area contributed by atoms with Crippen molar-refractivity contribution in [2.24, 2.45) is 0 Å². The minimum atomic E-state index is -1.58. The normalized spacial score (nSPS) is 11.5. The zero-order valence-electron chi connectivity index (χ0n) is 9.09. The Bertz CT molecular complexity index is 585. The number of para-hydroxylation sites is 2. The Kier molecular flexibility index (Phi) is 4.85. The van der Waals surface area contributed by atoms with Gasteiger partial charge in [-0.2, -0.15) is 0 Å². The molecule has 100 valence electrons. The molecule has 0 heterocycles. The number of carboxylic acids is 1. The molecule has 0 spiro atoms. The molecule has 2 N–H and O–H groups in total.